The average molecular weight is 252 g/mol. The van der Waals surface area contributed by atoms with Crippen molar-refractivity contribution < 1.29 is 28.7 Å². The smallest absolute Gasteiger partial charge is 0.273 e. The zero-order chi connectivity index (χ0) is 13.3. The Morgan fingerprint density at radius 2 is 1.06 bits per heavy atom. The van der Waals surface area contributed by atoms with Gasteiger partial charge in [0.25, 0.3) is 5.95 Å². The van der Waals surface area contributed by atoms with Gasteiger partial charge >= 0.3 is 0 Å². The van der Waals surface area contributed by atoms with E-state index in [0.29, 0.717) is 0 Å². The van der Waals surface area contributed by atoms with E-state index >= 15 is 0 Å². The van der Waals surface area contributed by atoms with Gasteiger partial charge in [-0.1, -0.05) is 0 Å². The van der Waals surface area contributed by atoms with Crippen LogP contribution < -0.4 is 0 Å². The molecule has 0 radical (unpaired) electrons. The standard InChI is InChI=1S/C12H12O6/c1-6(17-11-7(13)2-3-8(11)14)18-12-9(15)4-5-10(12)16/h11-12H,1-5H2. The molecule has 0 aromatic heterocycles. The first-order valence-corrected chi connectivity index (χ1v) is 5.62. The van der Waals surface area contributed by atoms with Gasteiger partial charge in [0.05, 0.1) is 0 Å². The highest BCUT2D eigenvalue weighted by Gasteiger charge is 2.38. The number of carbonyl (C=O) groups excluding carboxylic acids is 4. The number of Topliss-reactive ketones (excluding diaryl/α,β-unsaturated/α-hetero) is 4. The Balaban J connectivity index is 1.93. The van der Waals surface area contributed by atoms with Crippen LogP contribution in [0.25, 0.3) is 0 Å². The van der Waals surface area contributed by atoms with Crippen LogP contribution in [-0.4, -0.2) is 35.3 Å². The average Bonchev–Trinajstić information content (AvgIpc) is 2.79. The summed E-state index contributed by atoms with van der Waals surface area (Å²) in [6, 6.07) is 0. The molecule has 0 aromatic rings. The summed E-state index contributed by atoms with van der Waals surface area (Å²) in [7, 11) is 0. The van der Waals surface area contributed by atoms with Gasteiger partial charge in [-0.05, 0) is 6.58 Å². The van der Waals surface area contributed by atoms with E-state index in [1.165, 1.54) is 0 Å². The van der Waals surface area contributed by atoms with E-state index in [2.05, 4.69) is 6.58 Å². The second-order valence-electron chi connectivity index (χ2n) is 4.23. The van der Waals surface area contributed by atoms with Gasteiger partial charge in [-0.2, -0.15) is 0 Å². The summed E-state index contributed by atoms with van der Waals surface area (Å²) >= 11 is 0. The van der Waals surface area contributed by atoms with Crippen LogP contribution >= 0.6 is 0 Å². The van der Waals surface area contributed by atoms with Crippen LogP contribution in [0, 0.1) is 0 Å². The van der Waals surface area contributed by atoms with Gasteiger partial charge < -0.3 is 9.47 Å². The summed E-state index contributed by atoms with van der Waals surface area (Å²) in [5, 5.41) is 0. The molecule has 2 aliphatic carbocycles. The van der Waals surface area contributed by atoms with Gasteiger partial charge in [-0.3, -0.25) is 19.2 Å². The molecular formula is C12H12O6. The van der Waals surface area contributed by atoms with E-state index in [1.54, 1.807) is 0 Å². The molecule has 0 saturated heterocycles. The normalized spacial score (nSPS) is 21.8. The van der Waals surface area contributed by atoms with Gasteiger partial charge in [0.15, 0.2) is 23.1 Å². The number of hydrogen-bond acceptors (Lipinski definition) is 6. The zero-order valence-corrected chi connectivity index (χ0v) is 9.64. The van der Waals surface area contributed by atoms with Crippen molar-refractivity contribution >= 4 is 23.1 Å². The molecule has 0 atom stereocenters. The minimum atomic E-state index is -1.20. The Morgan fingerprint density at radius 3 is 1.33 bits per heavy atom. The highest BCUT2D eigenvalue weighted by molar-refractivity contribution is 6.12. The number of hydrogen-bond donors (Lipinski definition) is 0. The van der Waals surface area contributed by atoms with Gasteiger partial charge in [-0.25, -0.2) is 0 Å². The Morgan fingerprint density at radius 1 is 0.778 bits per heavy atom. The van der Waals surface area contributed by atoms with Gasteiger partial charge in [0, 0.05) is 25.7 Å². The number of ketones is 4. The van der Waals surface area contributed by atoms with E-state index in [-0.39, 0.29) is 54.8 Å². The maximum atomic E-state index is 11.3. The second-order valence-corrected chi connectivity index (χ2v) is 4.23. The monoisotopic (exact) mass is 252 g/mol. The molecule has 96 valence electrons. The van der Waals surface area contributed by atoms with Crippen molar-refractivity contribution in [1.29, 1.82) is 0 Å². The molecule has 0 amide bonds. The fourth-order valence-corrected chi connectivity index (χ4v) is 1.93. The van der Waals surface area contributed by atoms with Crippen molar-refractivity contribution in [3.8, 4) is 0 Å². The van der Waals surface area contributed by atoms with Gasteiger partial charge in [0.1, 0.15) is 0 Å². The first-order chi connectivity index (χ1) is 8.49. The third kappa shape index (κ3) is 2.32. The molecule has 0 heterocycles. The molecule has 0 unspecified atom stereocenters. The lowest BCUT2D eigenvalue weighted by Crippen LogP contribution is -2.29. The van der Waals surface area contributed by atoms with Crippen LogP contribution in [0.5, 0.6) is 0 Å². The lowest BCUT2D eigenvalue weighted by atomic mass is 10.3. The SMILES string of the molecule is C=C(OC1C(=O)CCC1=O)OC1C(=O)CCC1=O. The predicted octanol–water partition coefficient (Wildman–Crippen LogP) is 0.0920. The maximum Gasteiger partial charge on any atom is 0.273 e. The second kappa shape index (κ2) is 4.72. The Kier molecular flexibility index (Phi) is 3.27. The Labute approximate surface area is 103 Å². The quantitative estimate of drug-likeness (QED) is 0.520. The van der Waals surface area contributed by atoms with E-state index in [4.69, 9.17) is 9.47 Å². The molecule has 2 saturated carbocycles. The van der Waals surface area contributed by atoms with Crippen LogP contribution in [0.2, 0.25) is 0 Å². The predicted molar refractivity (Wildman–Crippen MR) is 57.4 cm³/mol. The highest BCUT2D eigenvalue weighted by Crippen LogP contribution is 2.21. The molecule has 6 nitrogen and oxygen atoms in total. The maximum absolute atomic E-state index is 11.3. The highest BCUT2D eigenvalue weighted by atomic mass is 16.7. The lowest BCUT2D eigenvalue weighted by molar-refractivity contribution is -0.144. The fourth-order valence-electron chi connectivity index (χ4n) is 1.93. The van der Waals surface area contributed by atoms with Crippen LogP contribution in [0.3, 0.4) is 0 Å². The van der Waals surface area contributed by atoms with Crippen LogP contribution in [-0.2, 0) is 28.7 Å². The molecule has 2 rings (SSSR count). The molecule has 6 heteroatoms. The summed E-state index contributed by atoms with van der Waals surface area (Å²) in [4.78, 5) is 45.2. The summed E-state index contributed by atoms with van der Waals surface area (Å²) in [5.74, 6) is -1.69. The van der Waals surface area contributed by atoms with Crippen molar-refractivity contribution in [3.63, 3.8) is 0 Å². The Bertz CT molecular complexity index is 377. The van der Waals surface area contributed by atoms with E-state index in [0.717, 1.165) is 0 Å². The molecule has 0 aliphatic heterocycles. The number of ether oxygens (including phenoxy) is 2. The van der Waals surface area contributed by atoms with Crippen molar-refractivity contribution in [1.82, 2.24) is 0 Å². The molecule has 0 bridgehead atoms. The zero-order valence-electron chi connectivity index (χ0n) is 9.64. The first-order valence-electron chi connectivity index (χ1n) is 5.62. The van der Waals surface area contributed by atoms with Crippen molar-refractivity contribution in [2.24, 2.45) is 0 Å². The third-order valence-corrected chi connectivity index (χ3v) is 2.90. The summed E-state index contributed by atoms with van der Waals surface area (Å²) in [6.07, 6.45) is -1.86. The molecule has 2 aliphatic rings. The van der Waals surface area contributed by atoms with Crippen molar-refractivity contribution in [2.45, 2.75) is 37.9 Å². The fraction of sp³-hybridized carbons (Fsp3) is 0.500. The van der Waals surface area contributed by atoms with Gasteiger partial charge in [0.2, 0.25) is 12.2 Å². The summed E-state index contributed by atoms with van der Waals surface area (Å²) in [6.45, 7) is 3.37. The minimum Gasteiger partial charge on any atom is -0.446 e. The molecule has 18 heavy (non-hydrogen) atoms. The van der Waals surface area contributed by atoms with Crippen molar-refractivity contribution in [3.05, 3.63) is 12.5 Å². The molecule has 2 fully saturated rings. The topological polar surface area (TPSA) is 86.7 Å². The summed E-state index contributed by atoms with van der Waals surface area (Å²) < 4.78 is 9.95. The van der Waals surface area contributed by atoms with E-state index in [9.17, 15) is 19.2 Å². The van der Waals surface area contributed by atoms with E-state index in [1.807, 2.05) is 0 Å². The number of rotatable bonds is 4. The first kappa shape index (κ1) is 12.5. The minimum absolute atomic E-state index is 0.137. The lowest BCUT2D eigenvalue weighted by Gasteiger charge is -2.16. The van der Waals surface area contributed by atoms with Crippen molar-refractivity contribution in [2.75, 3.05) is 0 Å². The third-order valence-electron chi connectivity index (χ3n) is 2.90. The largest absolute Gasteiger partial charge is 0.446 e. The molecule has 0 N–H and O–H groups in total. The molecular weight excluding hydrogens is 240 g/mol. The molecule has 0 spiro atoms. The van der Waals surface area contributed by atoms with Crippen LogP contribution in [0.4, 0.5) is 0 Å². The Hall–Kier alpha value is -1.98. The van der Waals surface area contributed by atoms with Crippen LogP contribution in [0.1, 0.15) is 25.7 Å². The number of carbonyl (C=O) groups is 4. The van der Waals surface area contributed by atoms with Crippen LogP contribution in [0.15, 0.2) is 12.5 Å². The van der Waals surface area contributed by atoms with Gasteiger partial charge in [-0.15, -0.1) is 0 Å². The van der Waals surface area contributed by atoms with E-state index < -0.39 is 12.2 Å². The molecule has 0 aromatic carbocycles. The summed E-state index contributed by atoms with van der Waals surface area (Å²) in [5.41, 5.74) is 0.